The van der Waals surface area contributed by atoms with Crippen molar-refractivity contribution < 1.29 is 4.79 Å². The van der Waals surface area contributed by atoms with Crippen LogP contribution < -0.4 is 5.32 Å². The van der Waals surface area contributed by atoms with Crippen molar-refractivity contribution in [3.05, 3.63) is 62.0 Å². The molecule has 0 saturated carbocycles. The van der Waals surface area contributed by atoms with E-state index in [0.717, 1.165) is 27.5 Å². The number of amides is 1. The van der Waals surface area contributed by atoms with Gasteiger partial charge in [0.1, 0.15) is 0 Å². The van der Waals surface area contributed by atoms with Crippen molar-refractivity contribution >= 4 is 43.5 Å². The molecule has 2 aromatic carbocycles. The Morgan fingerprint density at radius 2 is 1.86 bits per heavy atom. The minimum Gasteiger partial charge on any atom is -0.322 e. The van der Waals surface area contributed by atoms with Crippen molar-refractivity contribution in [3.63, 3.8) is 0 Å². The highest BCUT2D eigenvalue weighted by Gasteiger charge is 2.16. The van der Waals surface area contributed by atoms with E-state index in [-0.39, 0.29) is 5.91 Å². The molecule has 4 heteroatoms. The molecule has 3 rings (SSSR count). The summed E-state index contributed by atoms with van der Waals surface area (Å²) in [7, 11) is 0. The van der Waals surface area contributed by atoms with Crippen LogP contribution in [-0.4, -0.2) is 5.91 Å². The molecule has 108 valence electrons. The second kappa shape index (κ2) is 6.32. The molecule has 0 heterocycles. The summed E-state index contributed by atoms with van der Waals surface area (Å²) in [6.45, 7) is 0. The summed E-state index contributed by atoms with van der Waals surface area (Å²) in [6.07, 6.45) is 4.60. The number of anilines is 1. The van der Waals surface area contributed by atoms with Gasteiger partial charge in [-0.1, -0.05) is 28.1 Å². The van der Waals surface area contributed by atoms with E-state index >= 15 is 0 Å². The van der Waals surface area contributed by atoms with Crippen molar-refractivity contribution in [3.8, 4) is 0 Å². The summed E-state index contributed by atoms with van der Waals surface area (Å²) in [5.74, 6) is -0.0756. The molecular formula is C17H15Br2NO. The zero-order valence-corrected chi connectivity index (χ0v) is 14.6. The Bertz CT molecular complexity index is 697. The first kappa shape index (κ1) is 14.8. The van der Waals surface area contributed by atoms with Crippen molar-refractivity contribution in [2.45, 2.75) is 25.7 Å². The van der Waals surface area contributed by atoms with Crippen molar-refractivity contribution in [2.24, 2.45) is 0 Å². The van der Waals surface area contributed by atoms with E-state index in [4.69, 9.17) is 0 Å². The molecule has 0 atom stereocenters. The lowest BCUT2D eigenvalue weighted by Crippen LogP contribution is -2.15. The molecule has 1 amide bonds. The second-order valence-electron chi connectivity index (χ2n) is 5.23. The van der Waals surface area contributed by atoms with Crippen LogP contribution >= 0.6 is 31.9 Å². The molecule has 0 saturated heterocycles. The number of carbonyl (C=O) groups excluding carboxylic acids is 1. The monoisotopic (exact) mass is 407 g/mol. The lowest BCUT2D eigenvalue weighted by molar-refractivity contribution is 0.102. The largest absolute Gasteiger partial charge is 0.322 e. The van der Waals surface area contributed by atoms with Crippen molar-refractivity contribution in [1.82, 2.24) is 0 Å². The molecule has 2 nitrogen and oxygen atoms in total. The third-order valence-corrected chi connectivity index (χ3v) is 4.97. The maximum absolute atomic E-state index is 12.5. The molecule has 1 aliphatic rings. The van der Waals surface area contributed by atoms with Gasteiger partial charge < -0.3 is 5.32 Å². The van der Waals surface area contributed by atoms with Gasteiger partial charge in [0, 0.05) is 14.6 Å². The van der Waals surface area contributed by atoms with E-state index in [0.29, 0.717) is 5.56 Å². The summed E-state index contributed by atoms with van der Waals surface area (Å²) >= 11 is 6.84. The number of hydrogen-bond donors (Lipinski definition) is 1. The fourth-order valence-corrected chi connectivity index (χ4v) is 3.99. The first-order valence-electron chi connectivity index (χ1n) is 7.02. The minimum atomic E-state index is -0.0756. The van der Waals surface area contributed by atoms with Crippen LogP contribution in [0.25, 0.3) is 0 Å². The number of rotatable bonds is 2. The van der Waals surface area contributed by atoms with Crippen LogP contribution in [0, 0.1) is 0 Å². The lowest BCUT2D eigenvalue weighted by atomic mass is 9.90. The number of nitrogens with one attached hydrogen (secondary N) is 1. The van der Waals surface area contributed by atoms with Gasteiger partial charge in [0.05, 0.1) is 5.56 Å². The number of hydrogen-bond acceptors (Lipinski definition) is 1. The maximum atomic E-state index is 12.5. The van der Waals surface area contributed by atoms with Gasteiger partial charge in [-0.15, -0.1) is 0 Å². The van der Waals surface area contributed by atoms with Gasteiger partial charge in [0.25, 0.3) is 5.91 Å². The molecule has 0 radical (unpaired) electrons. The molecule has 1 aliphatic carbocycles. The van der Waals surface area contributed by atoms with Gasteiger partial charge in [-0.2, -0.15) is 0 Å². The van der Waals surface area contributed by atoms with Gasteiger partial charge in [-0.05, 0) is 77.0 Å². The summed E-state index contributed by atoms with van der Waals surface area (Å²) in [4.78, 5) is 12.5. The molecule has 0 fully saturated rings. The Balaban J connectivity index is 1.88. The van der Waals surface area contributed by atoms with E-state index in [9.17, 15) is 4.79 Å². The highest BCUT2D eigenvalue weighted by molar-refractivity contribution is 9.11. The molecule has 1 N–H and O–H groups in total. The highest BCUT2D eigenvalue weighted by atomic mass is 79.9. The fraction of sp³-hybridized carbons (Fsp3) is 0.235. The summed E-state index contributed by atoms with van der Waals surface area (Å²) < 4.78 is 1.74. The lowest BCUT2D eigenvalue weighted by Gasteiger charge is -2.19. The van der Waals surface area contributed by atoms with E-state index in [2.05, 4.69) is 43.2 Å². The number of halogens is 2. The van der Waals surface area contributed by atoms with E-state index < -0.39 is 0 Å². The Morgan fingerprint density at radius 3 is 2.67 bits per heavy atom. The van der Waals surface area contributed by atoms with Gasteiger partial charge in [0.2, 0.25) is 0 Å². The molecule has 0 spiro atoms. The summed E-state index contributed by atoms with van der Waals surface area (Å²) in [5.41, 5.74) is 4.26. The molecule has 0 aliphatic heterocycles. The van der Waals surface area contributed by atoms with Crippen LogP contribution in [0.4, 0.5) is 5.69 Å². The Morgan fingerprint density at radius 1 is 1.05 bits per heavy atom. The first-order valence-corrected chi connectivity index (χ1v) is 8.61. The predicted octanol–water partition coefficient (Wildman–Crippen LogP) is 5.34. The zero-order valence-electron chi connectivity index (χ0n) is 11.5. The average Bonchev–Trinajstić information content (AvgIpc) is 2.47. The molecule has 0 unspecified atom stereocenters. The molecule has 21 heavy (non-hydrogen) atoms. The SMILES string of the molecule is O=C(Nc1cccc2c1CCCC2)c1ccc(Br)cc1Br. The van der Waals surface area contributed by atoms with Gasteiger partial charge in [-0.3, -0.25) is 4.79 Å². The van der Waals surface area contributed by atoms with Crippen LogP contribution in [0.1, 0.15) is 34.3 Å². The standard InChI is InChI=1S/C17H15Br2NO/c18-12-8-9-14(15(19)10-12)17(21)20-16-7-3-5-11-4-1-2-6-13(11)16/h3,5,7-10H,1-2,4,6H2,(H,20,21). The summed E-state index contributed by atoms with van der Waals surface area (Å²) in [6, 6.07) is 11.8. The Kier molecular flexibility index (Phi) is 4.45. The van der Waals surface area contributed by atoms with Crippen LogP contribution in [0.5, 0.6) is 0 Å². The molecular weight excluding hydrogens is 394 g/mol. The normalized spacial score (nSPS) is 13.6. The smallest absolute Gasteiger partial charge is 0.256 e. The van der Waals surface area contributed by atoms with Crippen LogP contribution in [-0.2, 0) is 12.8 Å². The number of aryl methyl sites for hydroxylation is 1. The minimum absolute atomic E-state index is 0.0756. The van der Waals surface area contributed by atoms with Crippen molar-refractivity contribution in [1.29, 1.82) is 0 Å². The van der Waals surface area contributed by atoms with Gasteiger partial charge >= 0.3 is 0 Å². The van der Waals surface area contributed by atoms with E-state index in [1.54, 1.807) is 0 Å². The van der Waals surface area contributed by atoms with E-state index in [1.807, 2.05) is 30.3 Å². The zero-order chi connectivity index (χ0) is 14.8. The average molecular weight is 409 g/mol. The first-order chi connectivity index (χ1) is 10.1. The van der Waals surface area contributed by atoms with Crippen LogP contribution in [0.15, 0.2) is 45.3 Å². The third-order valence-electron chi connectivity index (χ3n) is 3.82. The van der Waals surface area contributed by atoms with Gasteiger partial charge in [0.15, 0.2) is 0 Å². The quantitative estimate of drug-likeness (QED) is 0.713. The predicted molar refractivity (Wildman–Crippen MR) is 92.9 cm³/mol. The third kappa shape index (κ3) is 3.22. The maximum Gasteiger partial charge on any atom is 0.256 e. The van der Waals surface area contributed by atoms with Crippen LogP contribution in [0.3, 0.4) is 0 Å². The van der Waals surface area contributed by atoms with E-state index in [1.165, 1.54) is 24.0 Å². The van der Waals surface area contributed by atoms with Crippen molar-refractivity contribution in [2.75, 3.05) is 5.32 Å². The van der Waals surface area contributed by atoms with Gasteiger partial charge in [-0.25, -0.2) is 0 Å². The summed E-state index contributed by atoms with van der Waals surface area (Å²) in [5, 5.41) is 3.06. The highest BCUT2D eigenvalue weighted by Crippen LogP contribution is 2.29. The molecule has 0 bridgehead atoms. The molecule has 2 aromatic rings. The Hall–Kier alpha value is -1.13. The Labute approximate surface area is 141 Å². The number of fused-ring (bicyclic) bond motifs is 1. The topological polar surface area (TPSA) is 29.1 Å². The number of carbonyl (C=O) groups is 1. The fourth-order valence-electron chi connectivity index (χ4n) is 2.76. The molecule has 0 aromatic heterocycles. The van der Waals surface area contributed by atoms with Crippen LogP contribution in [0.2, 0.25) is 0 Å². The number of benzene rings is 2. The second-order valence-corrected chi connectivity index (χ2v) is 7.00.